The molecule has 1 aliphatic heterocycles. The Kier molecular flexibility index (Phi) is 3.82. The number of rotatable bonds is 3. The van der Waals surface area contributed by atoms with E-state index in [-0.39, 0.29) is 5.91 Å². The molecule has 2 nitrogen and oxygen atoms in total. The average molecular weight is 231 g/mol. The van der Waals surface area contributed by atoms with E-state index in [1.54, 1.807) is 0 Å². The molecule has 1 saturated heterocycles. The van der Waals surface area contributed by atoms with E-state index in [4.69, 9.17) is 0 Å². The van der Waals surface area contributed by atoms with E-state index >= 15 is 0 Å². The number of piperidine rings is 1. The molecule has 17 heavy (non-hydrogen) atoms. The Hall–Kier alpha value is -1.31. The highest BCUT2D eigenvalue weighted by atomic mass is 16.1. The van der Waals surface area contributed by atoms with Crippen LogP contribution >= 0.6 is 0 Å². The largest absolute Gasteiger partial charge is 0.355 e. The minimum atomic E-state index is 0.192. The minimum absolute atomic E-state index is 0.192. The lowest BCUT2D eigenvalue weighted by atomic mass is 9.89. The number of hydrogen-bond acceptors (Lipinski definition) is 1. The Morgan fingerprint density at radius 2 is 2.06 bits per heavy atom. The van der Waals surface area contributed by atoms with E-state index in [1.807, 2.05) is 0 Å². The molecular weight excluding hydrogens is 210 g/mol. The highest BCUT2D eigenvalue weighted by molar-refractivity contribution is 5.76. The molecule has 1 N–H and O–H groups in total. The predicted octanol–water partition coefficient (Wildman–Crippen LogP) is 3.19. The SMILES string of the molecule is CCC(C)c1ccc(C2CCC(=O)NC2)cc1. The highest BCUT2D eigenvalue weighted by Crippen LogP contribution is 2.26. The predicted molar refractivity (Wildman–Crippen MR) is 70.1 cm³/mol. The molecule has 1 aromatic carbocycles. The molecule has 0 aliphatic carbocycles. The second-order valence-corrected chi connectivity index (χ2v) is 5.02. The average Bonchev–Trinajstić information content (AvgIpc) is 2.39. The molecule has 0 bridgehead atoms. The molecule has 1 aromatic rings. The van der Waals surface area contributed by atoms with Gasteiger partial charge in [-0.1, -0.05) is 38.1 Å². The van der Waals surface area contributed by atoms with Crippen LogP contribution in [-0.4, -0.2) is 12.5 Å². The minimum Gasteiger partial charge on any atom is -0.355 e. The van der Waals surface area contributed by atoms with Crippen LogP contribution in [0.5, 0.6) is 0 Å². The summed E-state index contributed by atoms with van der Waals surface area (Å²) in [6.45, 7) is 5.27. The zero-order valence-corrected chi connectivity index (χ0v) is 10.7. The first-order chi connectivity index (χ1) is 8.20. The van der Waals surface area contributed by atoms with Gasteiger partial charge in [-0.3, -0.25) is 4.79 Å². The maximum Gasteiger partial charge on any atom is 0.220 e. The summed E-state index contributed by atoms with van der Waals surface area (Å²) in [7, 11) is 0. The molecule has 2 unspecified atom stereocenters. The van der Waals surface area contributed by atoms with E-state index in [1.165, 1.54) is 17.5 Å². The van der Waals surface area contributed by atoms with Gasteiger partial charge < -0.3 is 5.32 Å². The lowest BCUT2D eigenvalue weighted by molar-refractivity contribution is -0.122. The molecule has 1 amide bonds. The Balaban J connectivity index is 2.05. The van der Waals surface area contributed by atoms with Crippen molar-refractivity contribution < 1.29 is 4.79 Å². The Morgan fingerprint density at radius 1 is 1.35 bits per heavy atom. The fourth-order valence-corrected chi connectivity index (χ4v) is 2.35. The first-order valence-corrected chi connectivity index (χ1v) is 6.57. The number of hydrogen-bond donors (Lipinski definition) is 1. The summed E-state index contributed by atoms with van der Waals surface area (Å²) in [6, 6.07) is 8.92. The third-order valence-electron chi connectivity index (χ3n) is 3.85. The van der Waals surface area contributed by atoms with Crippen molar-refractivity contribution in [1.29, 1.82) is 0 Å². The monoisotopic (exact) mass is 231 g/mol. The van der Waals surface area contributed by atoms with Crippen molar-refractivity contribution in [2.45, 2.75) is 44.9 Å². The normalized spacial score (nSPS) is 22.0. The third kappa shape index (κ3) is 2.87. The number of carbonyl (C=O) groups is 1. The van der Waals surface area contributed by atoms with Crippen molar-refractivity contribution >= 4 is 5.91 Å². The van der Waals surface area contributed by atoms with Gasteiger partial charge in [-0.15, -0.1) is 0 Å². The van der Waals surface area contributed by atoms with Crippen LogP contribution < -0.4 is 5.32 Å². The maximum atomic E-state index is 11.1. The van der Waals surface area contributed by atoms with E-state index in [9.17, 15) is 4.79 Å². The standard InChI is InChI=1S/C15H21NO/c1-3-11(2)12-4-6-13(7-5-12)14-8-9-15(17)16-10-14/h4-7,11,14H,3,8-10H2,1-2H3,(H,16,17). The van der Waals surface area contributed by atoms with Crippen LogP contribution in [0.4, 0.5) is 0 Å². The van der Waals surface area contributed by atoms with Crippen LogP contribution in [0.1, 0.15) is 56.1 Å². The number of carbonyl (C=O) groups excluding carboxylic acids is 1. The van der Waals surface area contributed by atoms with E-state index in [2.05, 4.69) is 43.4 Å². The Bertz CT molecular complexity index is 372. The van der Waals surface area contributed by atoms with Gasteiger partial charge in [0.05, 0.1) is 0 Å². The van der Waals surface area contributed by atoms with Crippen molar-refractivity contribution in [2.24, 2.45) is 0 Å². The second-order valence-electron chi connectivity index (χ2n) is 5.02. The van der Waals surface area contributed by atoms with E-state index < -0.39 is 0 Å². The van der Waals surface area contributed by atoms with Crippen molar-refractivity contribution in [3.8, 4) is 0 Å². The van der Waals surface area contributed by atoms with Gasteiger partial charge in [0.2, 0.25) is 5.91 Å². The number of nitrogens with one attached hydrogen (secondary N) is 1. The quantitative estimate of drug-likeness (QED) is 0.850. The molecule has 1 heterocycles. The van der Waals surface area contributed by atoms with Gasteiger partial charge in [0.25, 0.3) is 0 Å². The molecule has 92 valence electrons. The van der Waals surface area contributed by atoms with Crippen molar-refractivity contribution in [1.82, 2.24) is 5.32 Å². The second kappa shape index (κ2) is 5.35. The van der Waals surface area contributed by atoms with Gasteiger partial charge in [-0.05, 0) is 29.9 Å². The smallest absolute Gasteiger partial charge is 0.220 e. The van der Waals surface area contributed by atoms with Gasteiger partial charge in [0.15, 0.2) is 0 Å². The van der Waals surface area contributed by atoms with Crippen molar-refractivity contribution in [3.63, 3.8) is 0 Å². The summed E-state index contributed by atoms with van der Waals surface area (Å²) in [4.78, 5) is 11.1. The topological polar surface area (TPSA) is 29.1 Å². The van der Waals surface area contributed by atoms with Gasteiger partial charge in [-0.25, -0.2) is 0 Å². The van der Waals surface area contributed by atoms with Gasteiger partial charge in [-0.2, -0.15) is 0 Å². The number of amides is 1. The molecule has 0 saturated carbocycles. The molecule has 2 heteroatoms. The highest BCUT2D eigenvalue weighted by Gasteiger charge is 2.19. The molecule has 0 aromatic heterocycles. The molecule has 1 fully saturated rings. The Labute approximate surface area is 103 Å². The number of benzene rings is 1. The zero-order valence-electron chi connectivity index (χ0n) is 10.7. The van der Waals surface area contributed by atoms with E-state index in [0.717, 1.165) is 13.0 Å². The lowest BCUT2D eigenvalue weighted by Gasteiger charge is -2.23. The van der Waals surface area contributed by atoms with E-state index in [0.29, 0.717) is 18.3 Å². The fourth-order valence-electron chi connectivity index (χ4n) is 2.35. The first-order valence-electron chi connectivity index (χ1n) is 6.57. The molecular formula is C15H21NO. The van der Waals surface area contributed by atoms with Crippen molar-refractivity contribution in [3.05, 3.63) is 35.4 Å². The molecule has 2 atom stereocenters. The van der Waals surface area contributed by atoms with Crippen LogP contribution in [0.3, 0.4) is 0 Å². The summed E-state index contributed by atoms with van der Waals surface area (Å²) in [5.74, 6) is 1.33. The summed E-state index contributed by atoms with van der Waals surface area (Å²) < 4.78 is 0. The fraction of sp³-hybridized carbons (Fsp3) is 0.533. The van der Waals surface area contributed by atoms with Gasteiger partial charge >= 0.3 is 0 Å². The third-order valence-corrected chi connectivity index (χ3v) is 3.85. The van der Waals surface area contributed by atoms with Crippen molar-refractivity contribution in [2.75, 3.05) is 6.54 Å². The van der Waals surface area contributed by atoms with Crippen LogP contribution in [0.2, 0.25) is 0 Å². The van der Waals surface area contributed by atoms with Crippen LogP contribution in [0, 0.1) is 0 Å². The summed E-state index contributed by atoms with van der Waals surface area (Å²) in [5.41, 5.74) is 2.77. The zero-order chi connectivity index (χ0) is 12.3. The van der Waals surface area contributed by atoms with Gasteiger partial charge in [0, 0.05) is 18.9 Å². The summed E-state index contributed by atoms with van der Waals surface area (Å²) in [5, 5.41) is 2.94. The van der Waals surface area contributed by atoms with Crippen LogP contribution in [0.15, 0.2) is 24.3 Å². The molecule has 2 rings (SSSR count). The maximum absolute atomic E-state index is 11.1. The summed E-state index contributed by atoms with van der Waals surface area (Å²) in [6.07, 6.45) is 2.82. The molecule has 0 radical (unpaired) electrons. The summed E-state index contributed by atoms with van der Waals surface area (Å²) >= 11 is 0. The van der Waals surface area contributed by atoms with Gasteiger partial charge in [0.1, 0.15) is 0 Å². The Morgan fingerprint density at radius 3 is 2.59 bits per heavy atom. The van der Waals surface area contributed by atoms with Crippen LogP contribution in [0.25, 0.3) is 0 Å². The molecule has 0 spiro atoms. The van der Waals surface area contributed by atoms with Crippen LogP contribution in [-0.2, 0) is 4.79 Å². The first kappa shape index (κ1) is 12.2. The lowest BCUT2D eigenvalue weighted by Crippen LogP contribution is -2.33. The molecule has 1 aliphatic rings.